The van der Waals surface area contributed by atoms with Crippen molar-refractivity contribution >= 4 is 41.0 Å². The molecule has 0 N–H and O–H groups in total. The van der Waals surface area contributed by atoms with Crippen LogP contribution in [0.2, 0.25) is 10.0 Å². The third kappa shape index (κ3) is 3.50. The third-order valence-electron chi connectivity index (χ3n) is 3.70. The number of rotatable bonds is 4. The van der Waals surface area contributed by atoms with Gasteiger partial charge in [-0.15, -0.1) is 0 Å². The molecule has 25 heavy (non-hydrogen) atoms. The number of hydrogen-bond donors (Lipinski definition) is 0. The largest absolute Gasteiger partial charge is 0.497 e. The second-order valence-corrected chi connectivity index (χ2v) is 6.01. The van der Waals surface area contributed by atoms with Crippen LogP contribution in [0.4, 0.5) is 0 Å². The van der Waals surface area contributed by atoms with Gasteiger partial charge in [-0.3, -0.25) is 0 Å². The zero-order valence-electron chi connectivity index (χ0n) is 13.5. The van der Waals surface area contributed by atoms with Gasteiger partial charge in [-0.05, 0) is 42.5 Å². The molecule has 0 aromatic heterocycles. The molecule has 0 saturated heterocycles. The van der Waals surface area contributed by atoms with Gasteiger partial charge in [0.2, 0.25) is 0 Å². The summed E-state index contributed by atoms with van der Waals surface area (Å²) >= 11 is 12.3. The molecule has 0 spiro atoms. The van der Waals surface area contributed by atoms with E-state index in [0.717, 1.165) is 0 Å². The van der Waals surface area contributed by atoms with Crippen molar-refractivity contribution in [1.82, 2.24) is 0 Å². The van der Waals surface area contributed by atoms with Crippen LogP contribution in [-0.2, 0) is 9.53 Å². The molecule has 0 bridgehead atoms. The lowest BCUT2D eigenvalue weighted by molar-refractivity contribution is -0.130. The summed E-state index contributed by atoms with van der Waals surface area (Å²) in [4.78, 5) is 12.2. The minimum atomic E-state index is -0.490. The Kier molecular flexibility index (Phi) is 5.02. The molecule has 0 fully saturated rings. The van der Waals surface area contributed by atoms with Crippen molar-refractivity contribution in [1.29, 1.82) is 0 Å². The first-order valence-electron chi connectivity index (χ1n) is 7.35. The predicted octanol–water partition coefficient (Wildman–Crippen LogP) is 4.99. The van der Waals surface area contributed by atoms with E-state index in [1.54, 1.807) is 62.8 Å². The van der Waals surface area contributed by atoms with Gasteiger partial charge in [0.1, 0.15) is 17.3 Å². The number of carbonyl (C=O) groups is 1. The maximum Gasteiger partial charge on any atom is 0.343 e. The molecule has 0 unspecified atom stereocenters. The summed E-state index contributed by atoms with van der Waals surface area (Å²) in [6.07, 6.45) is 3.23. The van der Waals surface area contributed by atoms with Crippen LogP contribution < -0.4 is 9.47 Å². The summed E-state index contributed by atoms with van der Waals surface area (Å²) in [7, 11) is 3.11. The highest BCUT2D eigenvalue weighted by atomic mass is 35.5. The Labute approximate surface area is 155 Å². The lowest BCUT2D eigenvalue weighted by atomic mass is 10.1. The highest BCUT2D eigenvalue weighted by Gasteiger charge is 2.25. The predicted molar refractivity (Wildman–Crippen MR) is 98.1 cm³/mol. The van der Waals surface area contributed by atoms with Gasteiger partial charge in [0.15, 0.2) is 0 Å². The van der Waals surface area contributed by atoms with Crippen LogP contribution in [0.15, 0.2) is 48.0 Å². The normalized spacial score (nSPS) is 15.1. The number of hydrogen-bond acceptors (Lipinski definition) is 4. The zero-order chi connectivity index (χ0) is 18.0. The fourth-order valence-electron chi connectivity index (χ4n) is 2.43. The summed E-state index contributed by atoms with van der Waals surface area (Å²) in [5.41, 5.74) is 1.52. The quantitative estimate of drug-likeness (QED) is 0.556. The SMILES string of the molecule is COc1ccc(OC)c(C2=CC(=Cc3c(Cl)cccc3Cl)C(=O)O2)c1. The Morgan fingerprint density at radius 3 is 2.40 bits per heavy atom. The van der Waals surface area contributed by atoms with Crippen LogP contribution >= 0.6 is 23.2 Å². The fourth-order valence-corrected chi connectivity index (χ4v) is 2.94. The molecule has 2 aromatic carbocycles. The Morgan fingerprint density at radius 2 is 1.76 bits per heavy atom. The molecular formula is C19H14Cl2O4. The summed E-state index contributed by atoms with van der Waals surface area (Å²) in [6.45, 7) is 0. The summed E-state index contributed by atoms with van der Waals surface area (Å²) < 4.78 is 15.9. The van der Waals surface area contributed by atoms with Crippen LogP contribution in [0, 0.1) is 0 Å². The van der Waals surface area contributed by atoms with Crippen molar-refractivity contribution in [2.75, 3.05) is 14.2 Å². The van der Waals surface area contributed by atoms with Crippen molar-refractivity contribution in [3.05, 3.63) is 69.2 Å². The molecule has 4 nitrogen and oxygen atoms in total. The summed E-state index contributed by atoms with van der Waals surface area (Å²) in [5.74, 6) is 1.07. The van der Waals surface area contributed by atoms with Crippen molar-refractivity contribution in [3.8, 4) is 11.5 Å². The van der Waals surface area contributed by atoms with E-state index in [2.05, 4.69) is 0 Å². The van der Waals surface area contributed by atoms with Gasteiger partial charge in [-0.2, -0.15) is 0 Å². The molecular weight excluding hydrogens is 363 g/mol. The van der Waals surface area contributed by atoms with Crippen LogP contribution in [0.5, 0.6) is 11.5 Å². The first-order valence-corrected chi connectivity index (χ1v) is 8.11. The number of halogens is 2. The average Bonchev–Trinajstić information content (AvgIpc) is 2.98. The van der Waals surface area contributed by atoms with E-state index in [0.29, 0.717) is 44.0 Å². The van der Waals surface area contributed by atoms with Crippen LogP contribution in [0.1, 0.15) is 11.1 Å². The Balaban J connectivity index is 2.05. The smallest absolute Gasteiger partial charge is 0.343 e. The molecule has 0 saturated carbocycles. The molecule has 1 heterocycles. The topological polar surface area (TPSA) is 44.8 Å². The fraction of sp³-hybridized carbons (Fsp3) is 0.105. The second kappa shape index (κ2) is 7.21. The summed E-state index contributed by atoms with van der Waals surface area (Å²) in [5, 5.41) is 0.905. The van der Waals surface area contributed by atoms with Crippen LogP contribution in [0.25, 0.3) is 11.8 Å². The first-order chi connectivity index (χ1) is 12.0. The van der Waals surface area contributed by atoms with E-state index in [9.17, 15) is 4.79 Å². The van der Waals surface area contributed by atoms with E-state index in [1.807, 2.05) is 0 Å². The first kappa shape index (κ1) is 17.4. The Bertz CT molecular complexity index is 880. The highest BCUT2D eigenvalue weighted by molar-refractivity contribution is 6.37. The number of cyclic esters (lactones) is 1. The van der Waals surface area contributed by atoms with Gasteiger partial charge in [-0.25, -0.2) is 4.79 Å². The van der Waals surface area contributed by atoms with E-state index in [1.165, 1.54) is 0 Å². The van der Waals surface area contributed by atoms with Gasteiger partial charge in [0.25, 0.3) is 0 Å². The van der Waals surface area contributed by atoms with Crippen LogP contribution in [-0.4, -0.2) is 20.2 Å². The van der Waals surface area contributed by atoms with Gasteiger partial charge in [-0.1, -0.05) is 29.3 Å². The molecule has 128 valence electrons. The number of ether oxygens (including phenoxy) is 3. The molecule has 0 atom stereocenters. The summed E-state index contributed by atoms with van der Waals surface area (Å²) in [6, 6.07) is 10.4. The lowest BCUT2D eigenvalue weighted by Crippen LogP contribution is -1.99. The second-order valence-electron chi connectivity index (χ2n) is 5.20. The molecule has 0 radical (unpaired) electrons. The van der Waals surface area contributed by atoms with Gasteiger partial charge in [0, 0.05) is 15.6 Å². The Morgan fingerprint density at radius 1 is 1.04 bits per heavy atom. The van der Waals surface area contributed by atoms with E-state index in [-0.39, 0.29) is 0 Å². The van der Waals surface area contributed by atoms with Crippen molar-refractivity contribution in [2.45, 2.75) is 0 Å². The standard InChI is InChI=1S/C19H14Cl2O4/c1-23-12-6-7-17(24-2)14(10-12)18-9-11(19(22)25-18)8-13-15(20)4-3-5-16(13)21/h3-10H,1-2H3. The molecule has 0 amide bonds. The minimum Gasteiger partial charge on any atom is -0.497 e. The molecule has 3 rings (SSSR count). The van der Waals surface area contributed by atoms with E-state index >= 15 is 0 Å². The van der Waals surface area contributed by atoms with Gasteiger partial charge in [0.05, 0.1) is 25.4 Å². The molecule has 1 aliphatic heterocycles. The average molecular weight is 377 g/mol. The van der Waals surface area contributed by atoms with Gasteiger partial charge < -0.3 is 14.2 Å². The van der Waals surface area contributed by atoms with Crippen molar-refractivity contribution in [2.24, 2.45) is 0 Å². The molecule has 0 aliphatic carbocycles. The third-order valence-corrected chi connectivity index (χ3v) is 4.36. The number of benzene rings is 2. The maximum absolute atomic E-state index is 12.2. The Hall–Kier alpha value is -2.43. The number of methoxy groups -OCH3 is 2. The maximum atomic E-state index is 12.2. The minimum absolute atomic E-state index is 0.342. The van der Waals surface area contributed by atoms with E-state index < -0.39 is 5.97 Å². The van der Waals surface area contributed by atoms with Gasteiger partial charge >= 0.3 is 5.97 Å². The molecule has 6 heteroatoms. The highest BCUT2D eigenvalue weighted by Crippen LogP contribution is 2.36. The zero-order valence-corrected chi connectivity index (χ0v) is 15.0. The van der Waals surface area contributed by atoms with Crippen LogP contribution in [0.3, 0.4) is 0 Å². The number of esters is 1. The lowest BCUT2D eigenvalue weighted by Gasteiger charge is -2.10. The van der Waals surface area contributed by atoms with Crippen molar-refractivity contribution in [3.63, 3.8) is 0 Å². The molecule has 2 aromatic rings. The molecule has 1 aliphatic rings. The van der Waals surface area contributed by atoms with Crippen molar-refractivity contribution < 1.29 is 19.0 Å². The number of carbonyl (C=O) groups excluding carboxylic acids is 1. The van der Waals surface area contributed by atoms with E-state index in [4.69, 9.17) is 37.4 Å². The monoisotopic (exact) mass is 376 g/mol.